The van der Waals surface area contributed by atoms with Crippen LogP contribution in [0.4, 0.5) is 13.6 Å². The fourth-order valence-corrected chi connectivity index (χ4v) is 3.78. The Balaban J connectivity index is 1.68. The summed E-state index contributed by atoms with van der Waals surface area (Å²) < 4.78 is 33.5. The number of urea groups is 1. The molecule has 1 saturated heterocycles. The SMILES string of the molecule is O=C(N1CCOCC1)N1CC(c2cc(F)ccc2F)=CC(c2ccccc2)C1. The minimum Gasteiger partial charge on any atom is -0.378 e. The molecular weight excluding hydrogens is 362 g/mol. The van der Waals surface area contributed by atoms with Crippen LogP contribution in [-0.4, -0.2) is 55.2 Å². The van der Waals surface area contributed by atoms with E-state index in [1.165, 1.54) is 6.07 Å². The van der Waals surface area contributed by atoms with E-state index in [4.69, 9.17) is 4.74 Å². The molecule has 2 aromatic carbocycles. The van der Waals surface area contributed by atoms with Crippen LogP contribution in [0.25, 0.3) is 5.57 Å². The van der Waals surface area contributed by atoms with E-state index in [1.54, 1.807) is 9.80 Å². The van der Waals surface area contributed by atoms with E-state index in [1.807, 2.05) is 36.4 Å². The molecule has 2 aliphatic heterocycles. The minimum atomic E-state index is -0.495. The normalized spacial score (nSPS) is 20.1. The van der Waals surface area contributed by atoms with E-state index in [-0.39, 0.29) is 24.1 Å². The third-order valence-corrected chi connectivity index (χ3v) is 5.23. The van der Waals surface area contributed by atoms with Gasteiger partial charge in [0.15, 0.2) is 0 Å². The van der Waals surface area contributed by atoms with Crippen LogP contribution in [-0.2, 0) is 4.74 Å². The molecule has 0 aromatic heterocycles. The Bertz CT molecular complexity index is 879. The molecule has 6 heteroatoms. The van der Waals surface area contributed by atoms with Gasteiger partial charge < -0.3 is 14.5 Å². The Morgan fingerprint density at radius 2 is 1.75 bits per heavy atom. The molecule has 0 bridgehead atoms. The highest BCUT2D eigenvalue weighted by Crippen LogP contribution is 2.32. The number of halogens is 2. The van der Waals surface area contributed by atoms with Gasteiger partial charge in [0.25, 0.3) is 0 Å². The second-order valence-corrected chi connectivity index (χ2v) is 7.10. The number of hydrogen-bond acceptors (Lipinski definition) is 2. The molecule has 0 radical (unpaired) electrons. The van der Waals surface area contributed by atoms with Crippen LogP contribution in [0.2, 0.25) is 0 Å². The smallest absolute Gasteiger partial charge is 0.320 e. The lowest BCUT2D eigenvalue weighted by Gasteiger charge is -2.37. The molecule has 2 aromatic rings. The predicted octanol–water partition coefficient (Wildman–Crippen LogP) is 3.90. The summed E-state index contributed by atoms with van der Waals surface area (Å²) in [6.07, 6.45) is 1.95. The van der Waals surface area contributed by atoms with Crippen LogP contribution < -0.4 is 0 Å². The van der Waals surface area contributed by atoms with E-state index in [0.717, 1.165) is 17.7 Å². The first-order chi connectivity index (χ1) is 13.6. The number of nitrogens with zero attached hydrogens (tertiary/aromatic N) is 2. The molecule has 0 aliphatic carbocycles. The van der Waals surface area contributed by atoms with Crippen LogP contribution >= 0.6 is 0 Å². The molecule has 2 heterocycles. The molecule has 2 aliphatic rings. The second-order valence-electron chi connectivity index (χ2n) is 7.10. The van der Waals surface area contributed by atoms with Gasteiger partial charge in [-0.15, -0.1) is 0 Å². The van der Waals surface area contributed by atoms with Crippen molar-refractivity contribution in [2.75, 3.05) is 39.4 Å². The maximum atomic E-state index is 14.4. The molecule has 1 unspecified atom stereocenters. The summed E-state index contributed by atoms with van der Waals surface area (Å²) in [5.41, 5.74) is 1.87. The molecule has 146 valence electrons. The molecular formula is C22H22F2N2O2. The molecule has 2 amide bonds. The van der Waals surface area contributed by atoms with Gasteiger partial charge in [0.05, 0.1) is 13.2 Å². The minimum absolute atomic E-state index is 0.0855. The molecule has 0 saturated carbocycles. The zero-order valence-electron chi connectivity index (χ0n) is 15.5. The molecule has 1 fully saturated rings. The molecule has 4 rings (SSSR count). The fraction of sp³-hybridized carbons (Fsp3) is 0.318. The van der Waals surface area contributed by atoms with Crippen LogP contribution in [0.1, 0.15) is 17.0 Å². The maximum Gasteiger partial charge on any atom is 0.320 e. The highest BCUT2D eigenvalue weighted by Gasteiger charge is 2.30. The summed E-state index contributed by atoms with van der Waals surface area (Å²) in [5.74, 6) is -1.07. The van der Waals surface area contributed by atoms with Gasteiger partial charge in [-0.1, -0.05) is 36.4 Å². The second kappa shape index (κ2) is 8.10. The third kappa shape index (κ3) is 3.92. The quantitative estimate of drug-likeness (QED) is 0.787. The number of ether oxygens (including phenoxy) is 1. The highest BCUT2D eigenvalue weighted by molar-refractivity contribution is 5.80. The van der Waals surface area contributed by atoms with Crippen molar-refractivity contribution in [3.05, 3.63) is 77.4 Å². The van der Waals surface area contributed by atoms with Crippen LogP contribution in [0.3, 0.4) is 0 Å². The van der Waals surface area contributed by atoms with E-state index < -0.39 is 11.6 Å². The van der Waals surface area contributed by atoms with Crippen LogP contribution in [0.15, 0.2) is 54.6 Å². The Kier molecular flexibility index (Phi) is 5.39. The summed E-state index contributed by atoms with van der Waals surface area (Å²) in [6.45, 7) is 2.86. The van der Waals surface area contributed by atoms with Crippen LogP contribution in [0.5, 0.6) is 0 Å². The van der Waals surface area contributed by atoms with Gasteiger partial charge in [-0.25, -0.2) is 13.6 Å². The van der Waals surface area contributed by atoms with Crippen molar-refractivity contribution in [2.45, 2.75) is 5.92 Å². The Hall–Kier alpha value is -2.73. The number of hydrogen-bond donors (Lipinski definition) is 0. The molecule has 0 spiro atoms. The van der Waals surface area contributed by atoms with E-state index in [2.05, 4.69) is 0 Å². The summed E-state index contributed by atoms with van der Waals surface area (Å²) in [5, 5.41) is 0. The van der Waals surface area contributed by atoms with E-state index in [0.29, 0.717) is 38.4 Å². The Labute approximate surface area is 163 Å². The van der Waals surface area contributed by atoms with E-state index in [9.17, 15) is 13.6 Å². The summed E-state index contributed by atoms with van der Waals surface area (Å²) in [7, 11) is 0. The average Bonchev–Trinajstić information content (AvgIpc) is 2.76. The number of carbonyl (C=O) groups excluding carboxylic acids is 1. The van der Waals surface area contributed by atoms with Crippen molar-refractivity contribution < 1.29 is 18.3 Å². The number of benzene rings is 2. The first-order valence-corrected chi connectivity index (χ1v) is 9.44. The lowest BCUT2D eigenvalue weighted by molar-refractivity contribution is 0.0439. The molecule has 1 atom stereocenters. The number of amides is 2. The zero-order chi connectivity index (χ0) is 19.5. The van der Waals surface area contributed by atoms with Crippen LogP contribution in [0, 0.1) is 11.6 Å². The maximum absolute atomic E-state index is 14.4. The number of rotatable bonds is 2. The van der Waals surface area contributed by atoms with Crippen molar-refractivity contribution in [3.63, 3.8) is 0 Å². The van der Waals surface area contributed by atoms with Gasteiger partial charge in [-0.3, -0.25) is 0 Å². The zero-order valence-corrected chi connectivity index (χ0v) is 15.5. The van der Waals surface area contributed by atoms with Crippen molar-refractivity contribution >= 4 is 11.6 Å². The monoisotopic (exact) mass is 384 g/mol. The molecule has 28 heavy (non-hydrogen) atoms. The Morgan fingerprint density at radius 1 is 1.00 bits per heavy atom. The molecule has 0 N–H and O–H groups in total. The van der Waals surface area contributed by atoms with Crippen molar-refractivity contribution in [1.82, 2.24) is 9.80 Å². The molecule has 4 nitrogen and oxygen atoms in total. The largest absolute Gasteiger partial charge is 0.378 e. The van der Waals surface area contributed by atoms with Crippen molar-refractivity contribution in [1.29, 1.82) is 0 Å². The number of carbonyl (C=O) groups is 1. The lowest BCUT2D eigenvalue weighted by Crippen LogP contribution is -2.50. The van der Waals surface area contributed by atoms with Crippen molar-refractivity contribution in [2.24, 2.45) is 0 Å². The first-order valence-electron chi connectivity index (χ1n) is 9.44. The highest BCUT2D eigenvalue weighted by atomic mass is 19.1. The Morgan fingerprint density at radius 3 is 2.50 bits per heavy atom. The van der Waals surface area contributed by atoms with E-state index >= 15 is 0 Å². The standard InChI is InChI=1S/C22H22F2N2O2/c23-19-6-7-21(24)20(13-19)18-12-17(16-4-2-1-3-5-16)14-26(15-18)22(27)25-8-10-28-11-9-25/h1-7,12-13,17H,8-11,14-15H2. The van der Waals surface area contributed by atoms with Gasteiger partial charge >= 0.3 is 6.03 Å². The average molecular weight is 384 g/mol. The van der Waals surface area contributed by atoms with Crippen molar-refractivity contribution in [3.8, 4) is 0 Å². The summed E-state index contributed by atoms with van der Waals surface area (Å²) in [6, 6.07) is 13.1. The number of morpholine rings is 1. The fourth-order valence-electron chi connectivity index (χ4n) is 3.78. The topological polar surface area (TPSA) is 32.8 Å². The predicted molar refractivity (Wildman–Crippen MR) is 103 cm³/mol. The summed E-state index contributed by atoms with van der Waals surface area (Å²) in [4.78, 5) is 16.5. The van der Waals surface area contributed by atoms with Gasteiger partial charge in [-0.2, -0.15) is 0 Å². The summed E-state index contributed by atoms with van der Waals surface area (Å²) >= 11 is 0. The third-order valence-electron chi connectivity index (χ3n) is 5.23. The first kappa shape index (κ1) is 18.6. The van der Waals surface area contributed by atoms with Gasteiger partial charge in [-0.05, 0) is 29.3 Å². The lowest BCUT2D eigenvalue weighted by atomic mass is 9.90. The van der Waals surface area contributed by atoms with Gasteiger partial charge in [0.2, 0.25) is 0 Å². The van der Waals surface area contributed by atoms with Gasteiger partial charge in [0.1, 0.15) is 11.6 Å². The van der Waals surface area contributed by atoms with Gasteiger partial charge in [0, 0.05) is 37.7 Å².